The van der Waals surface area contributed by atoms with Gasteiger partial charge in [0, 0.05) is 24.9 Å². The third kappa shape index (κ3) is 16.4. The highest BCUT2D eigenvalue weighted by atomic mass is 16.4. The van der Waals surface area contributed by atoms with Crippen LogP contribution < -0.4 is 26.6 Å². The largest absolute Gasteiger partial charge is 0.480 e. The van der Waals surface area contributed by atoms with Gasteiger partial charge in [0.1, 0.15) is 18.1 Å². The molecule has 0 spiro atoms. The molecule has 14 nitrogen and oxygen atoms in total. The summed E-state index contributed by atoms with van der Waals surface area (Å²) in [6.45, 7) is 11.2. The number of nitriles is 1. The van der Waals surface area contributed by atoms with Crippen LogP contribution in [-0.2, 0) is 30.4 Å². The molecule has 0 radical (unpaired) electrons. The second-order valence-corrected chi connectivity index (χ2v) is 13.6. The average Bonchev–Trinajstić information content (AvgIpc) is 3.02. The molecule has 0 aliphatic carbocycles. The van der Waals surface area contributed by atoms with Crippen LogP contribution in [0.5, 0.6) is 0 Å². The number of hydrogen-bond acceptors (Lipinski definition) is 7. The summed E-state index contributed by atoms with van der Waals surface area (Å²) in [6, 6.07) is 10.5. The van der Waals surface area contributed by atoms with E-state index in [2.05, 4.69) is 43.4 Å². The third-order valence-electron chi connectivity index (χ3n) is 7.07. The number of carboxylic acid groups (broad SMARTS) is 2. The number of benzene rings is 2. The van der Waals surface area contributed by atoms with E-state index in [0.29, 0.717) is 16.9 Å². The second kappa shape index (κ2) is 19.9. The van der Waals surface area contributed by atoms with Gasteiger partial charge in [-0.05, 0) is 54.5 Å². The van der Waals surface area contributed by atoms with Crippen molar-refractivity contribution in [1.29, 1.82) is 5.26 Å². The molecule has 3 atom stereocenters. The average molecular weight is 702 g/mol. The normalized spacial score (nSPS) is 12.9. The Kier molecular flexibility index (Phi) is 16.1. The van der Waals surface area contributed by atoms with Gasteiger partial charge in [0.05, 0.1) is 12.1 Å². The van der Waals surface area contributed by atoms with Crippen LogP contribution in [-0.4, -0.2) is 64.0 Å². The molecule has 0 bridgehead atoms. The van der Waals surface area contributed by atoms with Crippen molar-refractivity contribution in [2.75, 3.05) is 5.32 Å². The van der Waals surface area contributed by atoms with E-state index in [-0.39, 0.29) is 49.4 Å². The summed E-state index contributed by atoms with van der Waals surface area (Å²) in [7, 11) is 0. The summed E-state index contributed by atoms with van der Waals surface area (Å²) < 4.78 is 0. The van der Waals surface area contributed by atoms with Crippen molar-refractivity contribution < 1.29 is 34.2 Å². The molecule has 2 aromatic rings. The lowest BCUT2D eigenvalue weighted by molar-refractivity contribution is -0.142. The number of carbonyl (C=O) groups is 5. The summed E-state index contributed by atoms with van der Waals surface area (Å²) in [6.07, 6.45) is 1.56. The fourth-order valence-corrected chi connectivity index (χ4v) is 4.61. The summed E-state index contributed by atoms with van der Waals surface area (Å²) in [5, 5.41) is 41.4. The molecule has 3 unspecified atom stereocenters. The quantitative estimate of drug-likeness (QED) is 0.0470. The Hall–Kier alpha value is -5.89. The molecule has 0 saturated carbocycles. The molecule has 2 aromatic carbocycles. The van der Waals surface area contributed by atoms with Crippen LogP contribution >= 0.6 is 0 Å². The molecule has 0 heterocycles. The molecule has 0 aliphatic heterocycles. The van der Waals surface area contributed by atoms with Gasteiger partial charge in [0.25, 0.3) is 0 Å². The Balaban J connectivity index is 2.03. The fourth-order valence-electron chi connectivity index (χ4n) is 4.61. The molecule has 272 valence electrons. The first-order valence-electron chi connectivity index (χ1n) is 16.4. The molecule has 2 rings (SSSR count). The van der Waals surface area contributed by atoms with Gasteiger partial charge in [-0.15, -0.1) is 11.8 Å². The number of aliphatic carboxylic acids is 2. The van der Waals surface area contributed by atoms with Crippen LogP contribution in [0.25, 0.3) is 0 Å². The van der Waals surface area contributed by atoms with Gasteiger partial charge in [-0.2, -0.15) is 5.26 Å². The highest BCUT2D eigenvalue weighted by Gasteiger charge is 2.27. The Morgan fingerprint density at radius 3 is 1.86 bits per heavy atom. The monoisotopic (exact) mass is 701 g/mol. The van der Waals surface area contributed by atoms with Crippen molar-refractivity contribution in [3.63, 3.8) is 0 Å². The third-order valence-corrected chi connectivity index (χ3v) is 7.07. The zero-order valence-corrected chi connectivity index (χ0v) is 29.8. The van der Waals surface area contributed by atoms with E-state index in [1.807, 2.05) is 72.0 Å². The number of guanidine groups is 1. The minimum atomic E-state index is -1.43. The molecule has 0 aliphatic rings. The molecule has 0 saturated heterocycles. The molecule has 0 fully saturated rings. The number of carboxylic acids is 2. The molecule has 0 aromatic heterocycles. The number of anilines is 1. The Morgan fingerprint density at radius 2 is 1.35 bits per heavy atom. The lowest BCUT2D eigenvalue weighted by Crippen LogP contribution is -2.52. The van der Waals surface area contributed by atoms with Gasteiger partial charge in [0.2, 0.25) is 23.7 Å². The van der Waals surface area contributed by atoms with Crippen LogP contribution in [0.3, 0.4) is 0 Å². The Morgan fingerprint density at radius 1 is 0.804 bits per heavy atom. The van der Waals surface area contributed by atoms with Crippen molar-refractivity contribution in [2.24, 2.45) is 16.3 Å². The molecule has 7 N–H and O–H groups in total. The number of hydrogen-bond donors (Lipinski definition) is 7. The van der Waals surface area contributed by atoms with Crippen molar-refractivity contribution in [1.82, 2.24) is 21.3 Å². The van der Waals surface area contributed by atoms with E-state index in [0.717, 1.165) is 5.56 Å². The summed E-state index contributed by atoms with van der Waals surface area (Å²) >= 11 is 0. The SMILES string of the molecule is Cc1ccc(N=C(NC#N)Nc2ccc(CC(=O)NC(CC(C)C)C(=O)NC(CC#CCC(NC(=O)CC(C)(C)C)C(=O)O)C(=O)O)cc2)cc1. The molecule has 3 amide bonds. The summed E-state index contributed by atoms with van der Waals surface area (Å²) in [4.78, 5) is 66.3. The first-order valence-corrected chi connectivity index (χ1v) is 16.4. The van der Waals surface area contributed by atoms with Gasteiger partial charge in [-0.25, -0.2) is 14.6 Å². The lowest BCUT2D eigenvalue weighted by atomic mass is 9.92. The maximum Gasteiger partial charge on any atom is 0.327 e. The van der Waals surface area contributed by atoms with E-state index in [1.165, 1.54) is 0 Å². The predicted molar refractivity (Wildman–Crippen MR) is 192 cm³/mol. The van der Waals surface area contributed by atoms with Gasteiger partial charge < -0.3 is 31.5 Å². The van der Waals surface area contributed by atoms with Crippen LogP contribution in [0.4, 0.5) is 11.4 Å². The van der Waals surface area contributed by atoms with Gasteiger partial charge in [-0.3, -0.25) is 19.7 Å². The predicted octanol–water partition coefficient (Wildman–Crippen LogP) is 3.60. The maximum atomic E-state index is 13.2. The number of aryl methyl sites for hydroxylation is 1. The first-order chi connectivity index (χ1) is 23.9. The van der Waals surface area contributed by atoms with E-state index < -0.39 is 47.8 Å². The highest BCUT2D eigenvalue weighted by Crippen LogP contribution is 2.18. The second-order valence-electron chi connectivity index (χ2n) is 13.6. The number of aliphatic imine (C=N–C) groups is 1. The number of carbonyl (C=O) groups excluding carboxylic acids is 3. The van der Waals surface area contributed by atoms with Crippen LogP contribution in [0.1, 0.15) is 71.4 Å². The number of rotatable bonds is 15. The van der Waals surface area contributed by atoms with Crippen molar-refractivity contribution in [2.45, 2.75) is 91.8 Å². The van der Waals surface area contributed by atoms with Gasteiger partial charge >= 0.3 is 11.9 Å². The van der Waals surface area contributed by atoms with Crippen LogP contribution in [0.15, 0.2) is 53.5 Å². The van der Waals surface area contributed by atoms with Crippen LogP contribution in [0.2, 0.25) is 0 Å². The molecular weight excluding hydrogens is 654 g/mol. The van der Waals surface area contributed by atoms with E-state index >= 15 is 0 Å². The smallest absolute Gasteiger partial charge is 0.327 e. The highest BCUT2D eigenvalue weighted by molar-refractivity contribution is 5.96. The summed E-state index contributed by atoms with van der Waals surface area (Å²) in [5.41, 5.74) is 2.62. The maximum absolute atomic E-state index is 13.2. The van der Waals surface area contributed by atoms with Crippen molar-refractivity contribution in [3.05, 3.63) is 59.7 Å². The van der Waals surface area contributed by atoms with Crippen molar-refractivity contribution >= 4 is 47.0 Å². The number of nitrogens with zero attached hydrogens (tertiary/aromatic N) is 2. The minimum absolute atomic E-state index is 0.0197. The molecule has 51 heavy (non-hydrogen) atoms. The van der Waals surface area contributed by atoms with Gasteiger partial charge in [0.15, 0.2) is 6.19 Å². The summed E-state index contributed by atoms with van der Waals surface area (Å²) in [5.74, 6) is 1.14. The molecular formula is C37H47N7O7. The van der Waals surface area contributed by atoms with E-state index in [4.69, 9.17) is 5.26 Å². The van der Waals surface area contributed by atoms with E-state index in [9.17, 15) is 34.2 Å². The fraction of sp³-hybridized carbons (Fsp3) is 0.432. The molecule has 14 heteroatoms. The number of amides is 3. The first kappa shape index (κ1) is 41.3. The zero-order valence-electron chi connectivity index (χ0n) is 29.8. The van der Waals surface area contributed by atoms with Crippen LogP contribution in [0, 0.1) is 41.6 Å². The Labute approximate surface area is 298 Å². The van der Waals surface area contributed by atoms with Gasteiger partial charge in [-0.1, -0.05) is 64.4 Å². The number of nitrogens with one attached hydrogen (secondary N) is 5. The van der Waals surface area contributed by atoms with E-state index in [1.54, 1.807) is 24.3 Å². The van der Waals surface area contributed by atoms with Crippen molar-refractivity contribution in [3.8, 4) is 18.0 Å². The topological polar surface area (TPSA) is 222 Å². The minimum Gasteiger partial charge on any atom is -0.480 e. The lowest BCUT2D eigenvalue weighted by Gasteiger charge is -2.22. The zero-order chi connectivity index (χ0) is 38.1. The standard InChI is InChI=1S/C37H47N7O7/c1-23(2)19-30(33(47)44-29(35(50)51)10-8-7-9-28(34(48)49)42-32(46)21-37(4,5)6)43-31(45)20-25-13-17-27(18-14-25)41-36(39-22-38)40-26-15-11-24(3)12-16-26/h11-18,23,28-30H,9-10,19-21H2,1-6H3,(H,42,46)(H,43,45)(H,44,47)(H,48,49)(H,50,51)(H2,39,40,41). The Bertz CT molecular complexity index is 1660.